The van der Waals surface area contributed by atoms with Crippen molar-refractivity contribution in [2.24, 2.45) is 5.73 Å². The Morgan fingerprint density at radius 1 is 0.492 bits per heavy atom. The van der Waals surface area contributed by atoms with Gasteiger partial charge in [0.2, 0.25) is 0 Å². The number of likely N-dealkylation sites (tertiary alicyclic amines) is 2. The lowest BCUT2D eigenvalue weighted by Crippen LogP contribution is -2.39. The van der Waals surface area contributed by atoms with Gasteiger partial charge in [-0.2, -0.15) is 0 Å². The molecule has 8 aromatic rings. The second-order valence-corrected chi connectivity index (χ2v) is 17.7. The molecule has 2 fully saturated rings. The first-order valence-corrected chi connectivity index (χ1v) is 23.0. The van der Waals surface area contributed by atoms with Crippen molar-refractivity contribution in [2.75, 3.05) is 31.5 Å². The van der Waals surface area contributed by atoms with E-state index in [-0.39, 0.29) is 0 Å². The molecule has 6 aromatic carbocycles. The number of hydrogen-bond donors (Lipinski definition) is 2. The molecule has 10 rings (SSSR count). The molecule has 0 aliphatic carbocycles. The van der Waals surface area contributed by atoms with Crippen LogP contribution in [0.1, 0.15) is 36.8 Å². The second kappa shape index (κ2) is 21.9. The highest BCUT2D eigenvalue weighted by Crippen LogP contribution is 2.32. The summed E-state index contributed by atoms with van der Waals surface area (Å²) in [5.74, 6) is 0. The molecule has 3 N–H and O–H groups in total. The lowest BCUT2D eigenvalue weighted by molar-refractivity contribution is 0.205. The van der Waals surface area contributed by atoms with E-state index in [2.05, 4.69) is 117 Å². The molecule has 0 bridgehead atoms. The minimum atomic E-state index is 0.432. The van der Waals surface area contributed by atoms with Crippen molar-refractivity contribution in [3.8, 4) is 22.5 Å². The smallest absolute Gasteiger partial charge is 0.0745 e. The van der Waals surface area contributed by atoms with Gasteiger partial charge >= 0.3 is 0 Å². The molecule has 6 nitrogen and oxygen atoms in total. The van der Waals surface area contributed by atoms with Gasteiger partial charge in [0, 0.05) is 75.9 Å². The number of nitrogens with two attached hydrogens (primary N) is 1. The van der Waals surface area contributed by atoms with E-state index >= 15 is 0 Å². The van der Waals surface area contributed by atoms with Crippen LogP contribution in [0.5, 0.6) is 0 Å². The fourth-order valence-electron chi connectivity index (χ4n) is 8.24. The number of anilines is 1. The summed E-state index contributed by atoms with van der Waals surface area (Å²) < 4.78 is 0. The maximum atomic E-state index is 6.28. The van der Waals surface area contributed by atoms with Crippen LogP contribution in [0.2, 0.25) is 15.1 Å². The minimum Gasteiger partial charge on any atom is -0.382 e. The van der Waals surface area contributed by atoms with Crippen LogP contribution in [0.3, 0.4) is 0 Å². The average Bonchev–Trinajstić information content (AvgIpc) is 3.32. The Hall–Kier alpha value is -5.31. The van der Waals surface area contributed by atoms with Crippen LogP contribution in [0.4, 0.5) is 5.69 Å². The Morgan fingerprint density at radius 3 is 1.43 bits per heavy atom. The molecule has 2 aliphatic rings. The Balaban J connectivity index is 0.000000143. The van der Waals surface area contributed by atoms with Crippen molar-refractivity contribution in [3.63, 3.8) is 0 Å². The van der Waals surface area contributed by atoms with E-state index in [1.165, 1.54) is 11.1 Å². The summed E-state index contributed by atoms with van der Waals surface area (Å²) in [6, 6.07) is 58.1. The van der Waals surface area contributed by atoms with Gasteiger partial charge in [-0.05, 0) is 98.4 Å². The normalized spacial score (nSPS) is 15.0. The first-order chi connectivity index (χ1) is 30.8. The van der Waals surface area contributed by atoms with Crippen LogP contribution in [-0.4, -0.2) is 58.0 Å². The number of nitrogens with zero attached hydrogens (tertiary/aromatic N) is 4. The molecular formula is C54H53Cl3N6. The summed E-state index contributed by atoms with van der Waals surface area (Å²) in [7, 11) is 0. The maximum absolute atomic E-state index is 6.28. The zero-order valence-corrected chi connectivity index (χ0v) is 37.7. The fraction of sp³-hybridized carbons (Fsp3) is 0.222. The highest BCUT2D eigenvalue weighted by molar-refractivity contribution is 6.36. The topological polar surface area (TPSA) is 70.3 Å². The van der Waals surface area contributed by atoms with Gasteiger partial charge < -0.3 is 11.1 Å². The number of hydrogen-bond acceptors (Lipinski definition) is 6. The molecule has 0 radical (unpaired) electrons. The molecule has 0 amide bonds. The van der Waals surface area contributed by atoms with E-state index in [9.17, 15) is 0 Å². The molecule has 4 heterocycles. The molecule has 0 spiro atoms. The quantitative estimate of drug-likeness (QED) is 0.158. The summed E-state index contributed by atoms with van der Waals surface area (Å²) in [4.78, 5) is 14.5. The first kappa shape index (κ1) is 44.3. The molecule has 9 heteroatoms. The summed E-state index contributed by atoms with van der Waals surface area (Å²) in [5, 5.41) is 7.93. The van der Waals surface area contributed by atoms with E-state index in [0.29, 0.717) is 27.2 Å². The van der Waals surface area contributed by atoms with Gasteiger partial charge in [-0.1, -0.05) is 156 Å². The third-order valence-electron chi connectivity index (χ3n) is 11.7. The summed E-state index contributed by atoms with van der Waals surface area (Å²) in [6.45, 7) is 6.61. The lowest BCUT2D eigenvalue weighted by atomic mass is 10.0. The minimum absolute atomic E-state index is 0.432. The number of piperidine rings is 2. The van der Waals surface area contributed by atoms with Crippen molar-refractivity contribution in [1.82, 2.24) is 19.8 Å². The molecule has 2 aliphatic heterocycles. The first-order valence-electron chi connectivity index (χ1n) is 21.8. The number of rotatable bonds is 8. The van der Waals surface area contributed by atoms with E-state index < -0.39 is 0 Å². The van der Waals surface area contributed by atoms with Gasteiger partial charge in [0.05, 0.1) is 27.4 Å². The molecule has 2 aromatic heterocycles. The zero-order valence-electron chi connectivity index (χ0n) is 35.4. The van der Waals surface area contributed by atoms with Crippen LogP contribution in [0.25, 0.3) is 44.3 Å². The van der Waals surface area contributed by atoms with Crippen molar-refractivity contribution in [3.05, 3.63) is 196 Å². The molecule has 2 saturated heterocycles. The summed E-state index contributed by atoms with van der Waals surface area (Å²) in [6.07, 6.45) is 4.55. The van der Waals surface area contributed by atoms with Gasteiger partial charge in [-0.25, -0.2) is 9.97 Å². The summed E-state index contributed by atoms with van der Waals surface area (Å²) in [5.41, 5.74) is 15.5. The number of aromatic nitrogens is 2. The number of pyridine rings is 2. The highest BCUT2D eigenvalue weighted by atomic mass is 35.5. The third kappa shape index (κ3) is 12.5. The lowest BCUT2D eigenvalue weighted by Gasteiger charge is -2.33. The molecule has 63 heavy (non-hydrogen) atoms. The molecular weight excluding hydrogens is 839 g/mol. The van der Waals surface area contributed by atoms with E-state index in [0.717, 1.165) is 115 Å². The maximum Gasteiger partial charge on any atom is 0.0745 e. The molecule has 0 atom stereocenters. The van der Waals surface area contributed by atoms with E-state index in [4.69, 9.17) is 45.5 Å². The van der Waals surface area contributed by atoms with Crippen LogP contribution in [0, 0.1) is 0 Å². The highest BCUT2D eigenvalue weighted by Gasteiger charge is 2.21. The van der Waals surface area contributed by atoms with Crippen molar-refractivity contribution in [1.29, 1.82) is 0 Å². The van der Waals surface area contributed by atoms with Gasteiger partial charge in [-0.3, -0.25) is 9.80 Å². The SMILES string of the molecule is Clc1ccc2c(Cl)cc(-c3ccccc3)nc2c1.Clc1ccc2c(NC3CCN(Cc4ccccc4)CC3)cc(-c3ccccc3)nc2c1.NC1CCN(Cc2ccccc2)CC1. The predicted octanol–water partition coefficient (Wildman–Crippen LogP) is 13.4. The zero-order chi connectivity index (χ0) is 43.4. The number of halogens is 3. The largest absolute Gasteiger partial charge is 0.382 e. The number of fused-ring (bicyclic) bond motifs is 2. The van der Waals surface area contributed by atoms with Crippen molar-refractivity contribution < 1.29 is 0 Å². The summed E-state index contributed by atoms with van der Waals surface area (Å²) >= 11 is 18.5. The van der Waals surface area contributed by atoms with Crippen molar-refractivity contribution in [2.45, 2.75) is 50.9 Å². The Morgan fingerprint density at radius 2 is 0.921 bits per heavy atom. The standard InChI is InChI=1S/C27H26ClN3.C15H9Cl2N.C12H18N2/c28-22-11-12-24-26(17-22)30-25(21-9-5-2-6-10-21)18-27(24)29-23-13-15-31(16-14-23)19-20-7-3-1-4-8-20;16-11-6-7-12-13(17)9-14(18-15(12)8-11)10-4-2-1-3-5-10;13-12-6-8-14(9-7-12)10-11-4-2-1-3-5-11/h1-12,17-18,23H,13-16,19H2,(H,29,30);1-9H;1-5,12H,6-10,13H2. The molecule has 0 saturated carbocycles. The van der Waals surface area contributed by atoms with E-state index in [1.807, 2.05) is 72.8 Å². The second-order valence-electron chi connectivity index (χ2n) is 16.4. The molecule has 320 valence electrons. The van der Waals surface area contributed by atoms with Gasteiger partial charge in [0.25, 0.3) is 0 Å². The van der Waals surface area contributed by atoms with Gasteiger partial charge in [0.15, 0.2) is 0 Å². The van der Waals surface area contributed by atoms with Gasteiger partial charge in [-0.15, -0.1) is 0 Å². The predicted molar refractivity (Wildman–Crippen MR) is 267 cm³/mol. The third-order valence-corrected chi connectivity index (χ3v) is 12.5. The monoisotopic (exact) mass is 890 g/mol. The Kier molecular flexibility index (Phi) is 15.4. The molecule has 0 unspecified atom stereocenters. The van der Waals surface area contributed by atoms with Crippen molar-refractivity contribution >= 4 is 62.3 Å². The average molecular weight is 892 g/mol. The fourth-order valence-corrected chi connectivity index (χ4v) is 8.84. The van der Waals surface area contributed by atoms with E-state index in [1.54, 1.807) is 0 Å². The Bertz CT molecular complexity index is 2670. The van der Waals surface area contributed by atoms with Gasteiger partial charge in [0.1, 0.15) is 0 Å². The number of benzene rings is 6. The Labute approximate surface area is 386 Å². The van der Waals surface area contributed by atoms with Crippen LogP contribution in [0.15, 0.2) is 170 Å². The van der Waals surface area contributed by atoms with Crippen LogP contribution < -0.4 is 11.1 Å². The van der Waals surface area contributed by atoms with Crippen LogP contribution >= 0.6 is 34.8 Å². The van der Waals surface area contributed by atoms with Crippen LogP contribution in [-0.2, 0) is 13.1 Å². The number of nitrogens with one attached hydrogen (secondary N) is 1.